The second kappa shape index (κ2) is 9.13. The Balaban J connectivity index is 1.96. The standard InChI is InChI=1S/C19H21NO4S/c1-20(17(19(22)23)12-14-6-4-3-5-7-14)18(21)13-25-16-10-8-15(24-2)9-11-16/h3-11,17H,12-13H2,1-2H3,(H,22,23). The van der Waals surface area contributed by atoms with E-state index >= 15 is 0 Å². The molecule has 0 spiro atoms. The highest BCUT2D eigenvalue weighted by atomic mass is 32.2. The van der Waals surface area contributed by atoms with Crippen molar-refractivity contribution in [2.45, 2.75) is 17.4 Å². The summed E-state index contributed by atoms with van der Waals surface area (Å²) in [6, 6.07) is 15.8. The summed E-state index contributed by atoms with van der Waals surface area (Å²) in [6.07, 6.45) is 0.283. The average molecular weight is 359 g/mol. The molecule has 5 nitrogen and oxygen atoms in total. The van der Waals surface area contributed by atoms with Crippen LogP contribution in [0.5, 0.6) is 5.75 Å². The van der Waals surface area contributed by atoms with Gasteiger partial charge in [-0.3, -0.25) is 4.79 Å². The predicted octanol–water partition coefficient (Wildman–Crippen LogP) is 2.94. The van der Waals surface area contributed by atoms with E-state index in [4.69, 9.17) is 4.74 Å². The molecule has 1 atom stereocenters. The van der Waals surface area contributed by atoms with Crippen LogP contribution in [0.2, 0.25) is 0 Å². The van der Waals surface area contributed by atoms with Crippen molar-refractivity contribution in [3.63, 3.8) is 0 Å². The fraction of sp³-hybridized carbons (Fsp3) is 0.263. The van der Waals surface area contributed by atoms with Crippen LogP contribution in [0.3, 0.4) is 0 Å². The van der Waals surface area contributed by atoms with Crippen molar-refractivity contribution in [3.05, 3.63) is 60.2 Å². The van der Waals surface area contributed by atoms with Crippen molar-refractivity contribution in [2.75, 3.05) is 19.9 Å². The molecule has 1 amide bonds. The fourth-order valence-electron chi connectivity index (χ4n) is 2.32. The Hall–Kier alpha value is -2.47. The van der Waals surface area contributed by atoms with Crippen LogP contribution >= 0.6 is 11.8 Å². The number of carboxylic acid groups (broad SMARTS) is 1. The van der Waals surface area contributed by atoms with Crippen LogP contribution in [0, 0.1) is 0 Å². The number of nitrogens with zero attached hydrogens (tertiary/aromatic N) is 1. The van der Waals surface area contributed by atoms with Gasteiger partial charge in [-0.05, 0) is 29.8 Å². The van der Waals surface area contributed by atoms with Crippen molar-refractivity contribution in [3.8, 4) is 5.75 Å². The van der Waals surface area contributed by atoms with Crippen LogP contribution < -0.4 is 4.74 Å². The van der Waals surface area contributed by atoms with Gasteiger partial charge in [0.1, 0.15) is 11.8 Å². The van der Waals surface area contributed by atoms with Crippen LogP contribution in [-0.2, 0) is 16.0 Å². The van der Waals surface area contributed by atoms with Crippen molar-refractivity contribution >= 4 is 23.6 Å². The molecule has 2 aromatic carbocycles. The summed E-state index contributed by atoms with van der Waals surface area (Å²) in [5.74, 6) is -0.290. The lowest BCUT2D eigenvalue weighted by molar-refractivity contribution is -0.148. The Bertz CT molecular complexity index is 703. The number of aliphatic carboxylic acids is 1. The van der Waals surface area contributed by atoms with E-state index in [0.29, 0.717) is 0 Å². The lowest BCUT2D eigenvalue weighted by Crippen LogP contribution is -2.44. The molecule has 1 unspecified atom stereocenters. The van der Waals surface area contributed by atoms with Gasteiger partial charge in [-0.1, -0.05) is 30.3 Å². The van der Waals surface area contributed by atoms with E-state index in [9.17, 15) is 14.7 Å². The van der Waals surface area contributed by atoms with E-state index in [1.807, 2.05) is 54.6 Å². The van der Waals surface area contributed by atoms with Gasteiger partial charge >= 0.3 is 5.97 Å². The minimum atomic E-state index is -1.01. The SMILES string of the molecule is COc1ccc(SCC(=O)N(C)C(Cc2ccccc2)C(=O)O)cc1. The molecule has 0 fully saturated rings. The highest BCUT2D eigenvalue weighted by molar-refractivity contribution is 8.00. The topological polar surface area (TPSA) is 66.8 Å². The maximum Gasteiger partial charge on any atom is 0.326 e. The summed E-state index contributed by atoms with van der Waals surface area (Å²) in [5, 5.41) is 9.48. The molecule has 0 saturated carbocycles. The van der Waals surface area contributed by atoms with Gasteiger partial charge < -0.3 is 14.7 Å². The summed E-state index contributed by atoms with van der Waals surface area (Å²) >= 11 is 1.37. The van der Waals surface area contributed by atoms with Crippen molar-refractivity contribution in [1.82, 2.24) is 4.90 Å². The lowest BCUT2D eigenvalue weighted by Gasteiger charge is -2.25. The first-order valence-corrected chi connectivity index (χ1v) is 8.79. The first-order chi connectivity index (χ1) is 12.0. The van der Waals surface area contributed by atoms with Crippen LogP contribution in [-0.4, -0.2) is 47.8 Å². The summed E-state index contributed by atoms with van der Waals surface area (Å²) in [5.41, 5.74) is 0.886. The van der Waals surface area contributed by atoms with E-state index in [2.05, 4.69) is 0 Å². The Morgan fingerprint density at radius 1 is 1.12 bits per heavy atom. The molecule has 25 heavy (non-hydrogen) atoms. The number of methoxy groups -OCH3 is 1. The zero-order chi connectivity index (χ0) is 18.2. The van der Waals surface area contributed by atoms with E-state index < -0.39 is 12.0 Å². The largest absolute Gasteiger partial charge is 0.497 e. The van der Waals surface area contributed by atoms with Crippen LogP contribution in [0.1, 0.15) is 5.56 Å². The third kappa shape index (κ3) is 5.53. The van der Waals surface area contributed by atoms with E-state index in [1.165, 1.54) is 16.7 Å². The average Bonchev–Trinajstić information content (AvgIpc) is 2.64. The fourth-order valence-corrected chi connectivity index (χ4v) is 3.14. The Morgan fingerprint density at radius 3 is 2.32 bits per heavy atom. The second-order valence-corrected chi connectivity index (χ2v) is 6.56. The molecular weight excluding hydrogens is 338 g/mol. The maximum absolute atomic E-state index is 12.4. The maximum atomic E-state index is 12.4. The minimum absolute atomic E-state index is 0.182. The molecule has 0 bridgehead atoms. The zero-order valence-electron chi connectivity index (χ0n) is 14.2. The van der Waals surface area contributed by atoms with Gasteiger partial charge in [0, 0.05) is 18.4 Å². The molecule has 0 saturated heterocycles. The highest BCUT2D eigenvalue weighted by Crippen LogP contribution is 2.22. The van der Waals surface area contributed by atoms with Crippen LogP contribution in [0.25, 0.3) is 0 Å². The number of benzene rings is 2. The summed E-state index contributed by atoms with van der Waals surface area (Å²) in [7, 11) is 3.14. The Kier molecular flexibility index (Phi) is 6.89. The minimum Gasteiger partial charge on any atom is -0.497 e. The van der Waals surface area contributed by atoms with Crippen molar-refractivity contribution in [2.24, 2.45) is 0 Å². The molecule has 2 aromatic rings. The highest BCUT2D eigenvalue weighted by Gasteiger charge is 2.26. The number of likely N-dealkylation sites (N-methyl/N-ethyl adjacent to an activating group) is 1. The molecule has 0 radical (unpaired) electrons. The summed E-state index contributed by atoms with van der Waals surface area (Å²) in [6.45, 7) is 0. The number of rotatable bonds is 8. The van der Waals surface area contributed by atoms with Gasteiger partial charge in [0.2, 0.25) is 5.91 Å². The molecule has 0 heterocycles. The number of ether oxygens (including phenoxy) is 1. The molecule has 0 aliphatic heterocycles. The molecular formula is C19H21NO4S. The normalized spacial score (nSPS) is 11.6. The monoisotopic (exact) mass is 359 g/mol. The smallest absolute Gasteiger partial charge is 0.326 e. The van der Waals surface area contributed by atoms with Gasteiger partial charge in [0.25, 0.3) is 0 Å². The van der Waals surface area contributed by atoms with E-state index in [1.54, 1.807) is 14.2 Å². The van der Waals surface area contributed by atoms with Crippen LogP contribution in [0.15, 0.2) is 59.5 Å². The number of carbonyl (C=O) groups is 2. The summed E-state index contributed by atoms with van der Waals surface area (Å²) < 4.78 is 5.10. The Morgan fingerprint density at radius 2 is 1.76 bits per heavy atom. The van der Waals surface area contributed by atoms with E-state index in [-0.39, 0.29) is 18.1 Å². The molecule has 0 aliphatic carbocycles. The third-order valence-electron chi connectivity index (χ3n) is 3.84. The molecule has 132 valence electrons. The number of carboxylic acids is 1. The van der Waals surface area contributed by atoms with Crippen molar-refractivity contribution < 1.29 is 19.4 Å². The third-order valence-corrected chi connectivity index (χ3v) is 4.84. The summed E-state index contributed by atoms with van der Waals surface area (Å²) in [4.78, 5) is 26.2. The molecule has 1 N–H and O–H groups in total. The predicted molar refractivity (Wildman–Crippen MR) is 98.1 cm³/mol. The van der Waals surface area contributed by atoms with E-state index in [0.717, 1.165) is 16.2 Å². The zero-order valence-corrected chi connectivity index (χ0v) is 15.0. The number of hydrogen-bond donors (Lipinski definition) is 1. The van der Waals surface area contributed by atoms with Crippen LogP contribution in [0.4, 0.5) is 0 Å². The number of amides is 1. The lowest BCUT2D eigenvalue weighted by atomic mass is 10.1. The second-order valence-electron chi connectivity index (χ2n) is 5.51. The van der Waals surface area contributed by atoms with Gasteiger partial charge in [-0.2, -0.15) is 0 Å². The molecule has 2 rings (SSSR count). The molecule has 0 aliphatic rings. The van der Waals surface area contributed by atoms with Gasteiger partial charge in [0.15, 0.2) is 0 Å². The number of thioether (sulfide) groups is 1. The molecule has 0 aromatic heterocycles. The van der Waals surface area contributed by atoms with Gasteiger partial charge in [-0.15, -0.1) is 11.8 Å². The number of hydrogen-bond acceptors (Lipinski definition) is 4. The number of carbonyl (C=O) groups excluding carboxylic acids is 1. The quantitative estimate of drug-likeness (QED) is 0.734. The Labute approximate surface area is 151 Å². The molecule has 6 heteroatoms. The first kappa shape index (κ1) is 18.9. The first-order valence-electron chi connectivity index (χ1n) is 7.80. The van der Waals surface area contributed by atoms with Crippen molar-refractivity contribution in [1.29, 1.82) is 0 Å². The van der Waals surface area contributed by atoms with Gasteiger partial charge in [-0.25, -0.2) is 4.79 Å². The van der Waals surface area contributed by atoms with Gasteiger partial charge in [0.05, 0.1) is 12.9 Å².